The molecule has 21 heavy (non-hydrogen) atoms. The van der Waals surface area contributed by atoms with Crippen molar-refractivity contribution in [3.8, 4) is 0 Å². The first-order valence-electron chi connectivity index (χ1n) is 10.1. The van der Waals surface area contributed by atoms with Crippen molar-refractivity contribution >= 4 is 0 Å². The quantitative estimate of drug-likeness (QED) is 0.520. The second-order valence-corrected chi connectivity index (χ2v) is 9.75. The van der Waals surface area contributed by atoms with Crippen LogP contribution in [0.3, 0.4) is 0 Å². The monoisotopic (exact) mass is 288 g/mol. The van der Waals surface area contributed by atoms with Gasteiger partial charge in [0.05, 0.1) is 0 Å². The molecule has 0 bridgehead atoms. The van der Waals surface area contributed by atoms with Crippen LogP contribution in [0.5, 0.6) is 0 Å². The zero-order valence-electron chi connectivity index (χ0n) is 14.7. The van der Waals surface area contributed by atoms with Gasteiger partial charge in [-0.1, -0.05) is 40.0 Å². The Morgan fingerprint density at radius 1 is 0.762 bits per heavy atom. The largest absolute Gasteiger partial charge is 0.0622 e. The lowest BCUT2D eigenvalue weighted by molar-refractivity contribution is -0.136. The Kier molecular flexibility index (Phi) is 3.47. The summed E-state index contributed by atoms with van der Waals surface area (Å²) >= 11 is 0. The highest BCUT2D eigenvalue weighted by Gasteiger charge is 2.59. The fraction of sp³-hybridized carbons (Fsp3) is 1.00. The number of rotatable bonds is 1. The molecule has 0 nitrogen and oxygen atoms in total. The van der Waals surface area contributed by atoms with Crippen molar-refractivity contribution in [2.24, 2.45) is 40.4 Å². The maximum atomic E-state index is 2.65. The second kappa shape index (κ2) is 5.00. The summed E-state index contributed by atoms with van der Waals surface area (Å²) in [5.74, 6) is 5.28. The minimum Gasteiger partial charge on any atom is -0.0622 e. The van der Waals surface area contributed by atoms with Gasteiger partial charge in [0.2, 0.25) is 0 Å². The third-order valence-electron chi connectivity index (χ3n) is 9.00. The molecule has 0 spiro atoms. The minimum atomic E-state index is 0.737. The van der Waals surface area contributed by atoms with Gasteiger partial charge >= 0.3 is 0 Å². The first-order chi connectivity index (χ1) is 10.1. The highest BCUT2D eigenvalue weighted by molar-refractivity contribution is 5.08. The molecular formula is C21H36. The summed E-state index contributed by atoms with van der Waals surface area (Å²) in [5, 5.41) is 0. The van der Waals surface area contributed by atoms with E-state index in [4.69, 9.17) is 0 Å². The van der Waals surface area contributed by atoms with Gasteiger partial charge in [-0.3, -0.25) is 0 Å². The van der Waals surface area contributed by atoms with E-state index in [0.717, 1.165) is 40.4 Å². The summed E-state index contributed by atoms with van der Waals surface area (Å²) < 4.78 is 0. The molecule has 0 aliphatic heterocycles. The maximum absolute atomic E-state index is 2.65. The van der Waals surface area contributed by atoms with Crippen LogP contribution in [0.4, 0.5) is 0 Å². The molecule has 0 saturated heterocycles. The highest BCUT2D eigenvalue weighted by atomic mass is 14.6. The van der Waals surface area contributed by atoms with Crippen molar-refractivity contribution in [3.05, 3.63) is 0 Å². The van der Waals surface area contributed by atoms with Crippen molar-refractivity contribution in [1.82, 2.24) is 0 Å². The van der Waals surface area contributed by atoms with Crippen LogP contribution in [-0.2, 0) is 0 Å². The zero-order valence-corrected chi connectivity index (χ0v) is 14.7. The molecule has 0 radical (unpaired) electrons. The molecule has 6 atom stereocenters. The predicted octanol–water partition coefficient (Wildman–Crippen LogP) is 6.45. The summed E-state index contributed by atoms with van der Waals surface area (Å²) in [4.78, 5) is 0. The van der Waals surface area contributed by atoms with E-state index in [9.17, 15) is 0 Å². The molecule has 1 unspecified atom stereocenters. The molecule has 120 valence electrons. The Labute approximate surface area is 132 Å². The first kappa shape index (κ1) is 14.6. The van der Waals surface area contributed by atoms with Crippen LogP contribution < -0.4 is 0 Å². The first-order valence-corrected chi connectivity index (χ1v) is 10.1. The van der Waals surface area contributed by atoms with E-state index in [-0.39, 0.29) is 0 Å². The van der Waals surface area contributed by atoms with Crippen LogP contribution in [0.1, 0.15) is 91.4 Å². The Balaban J connectivity index is 1.69. The van der Waals surface area contributed by atoms with E-state index in [1.54, 1.807) is 51.4 Å². The van der Waals surface area contributed by atoms with Crippen LogP contribution in [0, 0.1) is 40.4 Å². The fourth-order valence-corrected chi connectivity index (χ4v) is 8.13. The summed E-state index contributed by atoms with van der Waals surface area (Å²) in [6.07, 6.45) is 17.1. The standard InChI is InChI=1S/C21H36/c1-15(2)21-13-5-4-7-16(21)9-10-17-18-8-6-12-20(18,3)14-11-19(17)21/h15-19H,4-14H2,1-3H3/t16?,17-,18-,19-,20-,21+/m0/s1. The molecule has 0 heterocycles. The van der Waals surface area contributed by atoms with Gasteiger partial charge in [-0.25, -0.2) is 0 Å². The molecule has 0 heteroatoms. The van der Waals surface area contributed by atoms with Gasteiger partial charge in [0.1, 0.15) is 0 Å². The van der Waals surface area contributed by atoms with Crippen molar-refractivity contribution in [1.29, 1.82) is 0 Å². The van der Waals surface area contributed by atoms with Crippen LogP contribution in [-0.4, -0.2) is 0 Å². The van der Waals surface area contributed by atoms with Crippen molar-refractivity contribution in [3.63, 3.8) is 0 Å². The maximum Gasteiger partial charge on any atom is -0.0215 e. The topological polar surface area (TPSA) is 0 Å². The molecule has 0 aromatic carbocycles. The molecule has 0 aromatic rings. The lowest BCUT2D eigenvalue weighted by Gasteiger charge is -2.63. The van der Waals surface area contributed by atoms with Crippen molar-refractivity contribution in [2.75, 3.05) is 0 Å². The molecule has 4 fully saturated rings. The average molecular weight is 289 g/mol. The molecule has 4 aliphatic rings. The van der Waals surface area contributed by atoms with Gasteiger partial charge in [0, 0.05) is 0 Å². The van der Waals surface area contributed by atoms with E-state index < -0.39 is 0 Å². The van der Waals surface area contributed by atoms with E-state index in [1.165, 1.54) is 19.3 Å². The van der Waals surface area contributed by atoms with E-state index in [2.05, 4.69) is 20.8 Å². The van der Waals surface area contributed by atoms with E-state index >= 15 is 0 Å². The lowest BCUT2D eigenvalue weighted by atomic mass is 9.42. The van der Waals surface area contributed by atoms with Crippen LogP contribution in [0.25, 0.3) is 0 Å². The van der Waals surface area contributed by atoms with Gasteiger partial charge in [-0.2, -0.15) is 0 Å². The van der Waals surface area contributed by atoms with Gasteiger partial charge < -0.3 is 0 Å². The summed E-state index contributed by atoms with van der Waals surface area (Å²) in [6.45, 7) is 7.79. The van der Waals surface area contributed by atoms with Crippen molar-refractivity contribution in [2.45, 2.75) is 91.4 Å². The SMILES string of the molecule is CC(C)[C@]12CCCCC1CC[C@H]1[C@@H]3CCC[C@@]3(C)CC[C@@H]12. The molecule has 0 aromatic heterocycles. The molecular weight excluding hydrogens is 252 g/mol. The Bertz CT molecular complexity index is 397. The smallest absolute Gasteiger partial charge is 0.0215 e. The summed E-state index contributed by atoms with van der Waals surface area (Å²) in [5.41, 5.74) is 1.48. The van der Waals surface area contributed by atoms with E-state index in [0.29, 0.717) is 0 Å². The Morgan fingerprint density at radius 3 is 2.43 bits per heavy atom. The molecule has 0 N–H and O–H groups in total. The van der Waals surface area contributed by atoms with Crippen LogP contribution in [0.15, 0.2) is 0 Å². The lowest BCUT2D eigenvalue weighted by Crippen LogP contribution is -2.55. The van der Waals surface area contributed by atoms with Gasteiger partial charge in [-0.05, 0) is 91.8 Å². The number of hydrogen-bond acceptors (Lipinski definition) is 0. The fourth-order valence-electron chi connectivity index (χ4n) is 8.13. The molecule has 4 rings (SSSR count). The highest BCUT2D eigenvalue weighted by Crippen LogP contribution is 2.68. The molecule has 4 aliphatic carbocycles. The Morgan fingerprint density at radius 2 is 1.62 bits per heavy atom. The third-order valence-corrected chi connectivity index (χ3v) is 9.00. The normalized spacial score (nSPS) is 53.1. The average Bonchev–Trinajstić information content (AvgIpc) is 2.88. The molecule has 0 amide bonds. The number of hydrogen-bond donors (Lipinski definition) is 0. The van der Waals surface area contributed by atoms with Crippen LogP contribution in [0.2, 0.25) is 0 Å². The van der Waals surface area contributed by atoms with Gasteiger partial charge in [-0.15, -0.1) is 0 Å². The predicted molar refractivity (Wildman–Crippen MR) is 90.1 cm³/mol. The van der Waals surface area contributed by atoms with Crippen LogP contribution >= 0.6 is 0 Å². The Hall–Kier alpha value is 0. The molecule has 4 saturated carbocycles. The second-order valence-electron chi connectivity index (χ2n) is 9.75. The number of fused-ring (bicyclic) bond motifs is 5. The van der Waals surface area contributed by atoms with Gasteiger partial charge in [0.15, 0.2) is 0 Å². The summed E-state index contributed by atoms with van der Waals surface area (Å²) in [7, 11) is 0. The van der Waals surface area contributed by atoms with E-state index in [1.807, 2.05) is 0 Å². The minimum absolute atomic E-state index is 0.737. The zero-order chi connectivity index (χ0) is 14.7. The van der Waals surface area contributed by atoms with Gasteiger partial charge in [0.25, 0.3) is 0 Å². The summed E-state index contributed by atoms with van der Waals surface area (Å²) in [6, 6.07) is 0. The third kappa shape index (κ3) is 1.93. The van der Waals surface area contributed by atoms with Crippen molar-refractivity contribution < 1.29 is 0 Å².